The summed E-state index contributed by atoms with van der Waals surface area (Å²) in [6.07, 6.45) is 5.14. The molecule has 1 heterocycles. The Morgan fingerprint density at radius 2 is 2.00 bits per heavy atom. The predicted octanol–water partition coefficient (Wildman–Crippen LogP) is 4.03. The van der Waals surface area contributed by atoms with Crippen LogP contribution in [0.1, 0.15) is 63.6 Å². The minimum atomic E-state index is 0.509. The van der Waals surface area contributed by atoms with Crippen LogP contribution in [-0.4, -0.2) is 12.6 Å². The van der Waals surface area contributed by atoms with Crippen molar-refractivity contribution >= 4 is 0 Å². The van der Waals surface area contributed by atoms with Crippen LogP contribution in [0.25, 0.3) is 0 Å². The average molecular weight is 274 g/mol. The first-order valence-corrected chi connectivity index (χ1v) is 8.21. The van der Waals surface area contributed by atoms with Gasteiger partial charge in [-0.1, -0.05) is 51.0 Å². The minimum Gasteiger partial charge on any atom is -0.313 e. The Labute approximate surface area is 124 Å². The Bertz CT molecular complexity index is 400. The predicted molar refractivity (Wildman–Crippen MR) is 86.8 cm³/mol. The van der Waals surface area contributed by atoms with Crippen LogP contribution in [-0.2, 0) is 6.54 Å². The second-order valence-electron chi connectivity index (χ2n) is 6.61. The number of rotatable bonds is 6. The third-order valence-electron chi connectivity index (χ3n) is 4.26. The molecule has 2 rings (SSSR count). The zero-order valence-corrected chi connectivity index (χ0v) is 13.3. The highest BCUT2D eigenvalue weighted by Gasteiger charge is 2.19. The van der Waals surface area contributed by atoms with Crippen LogP contribution >= 0.6 is 0 Å². The van der Waals surface area contributed by atoms with Crippen LogP contribution in [0.4, 0.5) is 0 Å². The van der Waals surface area contributed by atoms with Crippen molar-refractivity contribution in [3.05, 3.63) is 35.4 Å². The Morgan fingerprint density at radius 1 is 1.20 bits per heavy atom. The number of benzene rings is 1. The van der Waals surface area contributed by atoms with Crippen molar-refractivity contribution in [2.45, 2.75) is 65.1 Å². The van der Waals surface area contributed by atoms with E-state index in [-0.39, 0.29) is 0 Å². The van der Waals surface area contributed by atoms with Gasteiger partial charge in [-0.25, -0.2) is 0 Å². The van der Waals surface area contributed by atoms with Crippen LogP contribution in [0.5, 0.6) is 0 Å². The monoisotopic (exact) mass is 274 g/mol. The van der Waals surface area contributed by atoms with Gasteiger partial charge in [-0.3, -0.25) is 0 Å². The molecule has 112 valence electrons. The van der Waals surface area contributed by atoms with E-state index >= 15 is 0 Å². The summed E-state index contributed by atoms with van der Waals surface area (Å²) >= 11 is 0. The molecule has 1 aromatic rings. The molecule has 1 aromatic carbocycles. The van der Waals surface area contributed by atoms with Gasteiger partial charge in [0.1, 0.15) is 0 Å². The topological polar surface area (TPSA) is 24.1 Å². The molecule has 0 bridgehead atoms. The van der Waals surface area contributed by atoms with Gasteiger partial charge in [-0.05, 0) is 43.4 Å². The molecule has 0 saturated carbocycles. The van der Waals surface area contributed by atoms with Gasteiger partial charge in [0.25, 0.3) is 0 Å². The summed E-state index contributed by atoms with van der Waals surface area (Å²) in [5, 5.41) is 7.37. The maximum absolute atomic E-state index is 3.85. The van der Waals surface area contributed by atoms with Gasteiger partial charge in [0.15, 0.2) is 0 Å². The lowest BCUT2D eigenvalue weighted by Gasteiger charge is -2.24. The standard InChI is InChI=1S/C18H30N2/c1-14(2)7-6-8-15(3)20-18-11-12-19-13-16-9-4-5-10-17(16)18/h4-5,9-10,14-15,18-20H,6-8,11-13H2,1-3H3. The van der Waals surface area contributed by atoms with Crippen molar-refractivity contribution in [3.63, 3.8) is 0 Å². The van der Waals surface area contributed by atoms with Crippen LogP contribution in [0.2, 0.25) is 0 Å². The van der Waals surface area contributed by atoms with E-state index in [0.29, 0.717) is 12.1 Å². The molecule has 2 atom stereocenters. The molecule has 2 heteroatoms. The fourth-order valence-corrected chi connectivity index (χ4v) is 3.09. The lowest BCUT2D eigenvalue weighted by atomic mass is 9.97. The fraction of sp³-hybridized carbons (Fsp3) is 0.667. The van der Waals surface area contributed by atoms with E-state index in [1.807, 2.05) is 0 Å². The number of nitrogens with one attached hydrogen (secondary N) is 2. The third kappa shape index (κ3) is 4.60. The second-order valence-corrected chi connectivity index (χ2v) is 6.61. The first kappa shape index (κ1) is 15.5. The van der Waals surface area contributed by atoms with Crippen LogP contribution in [0.15, 0.2) is 24.3 Å². The van der Waals surface area contributed by atoms with Crippen molar-refractivity contribution in [3.8, 4) is 0 Å². The van der Waals surface area contributed by atoms with E-state index in [1.54, 1.807) is 0 Å². The molecule has 0 amide bonds. The summed E-state index contributed by atoms with van der Waals surface area (Å²) < 4.78 is 0. The van der Waals surface area contributed by atoms with Gasteiger partial charge in [-0.2, -0.15) is 0 Å². The Morgan fingerprint density at radius 3 is 2.80 bits per heavy atom. The lowest BCUT2D eigenvalue weighted by molar-refractivity contribution is 0.397. The molecule has 0 aromatic heterocycles. The maximum Gasteiger partial charge on any atom is 0.0337 e. The fourth-order valence-electron chi connectivity index (χ4n) is 3.09. The molecule has 2 N–H and O–H groups in total. The van der Waals surface area contributed by atoms with Crippen LogP contribution in [0, 0.1) is 5.92 Å². The molecule has 2 nitrogen and oxygen atoms in total. The SMILES string of the molecule is CC(C)CCCC(C)NC1CCNCc2ccccc21. The summed E-state index contributed by atoms with van der Waals surface area (Å²) in [5.74, 6) is 0.824. The van der Waals surface area contributed by atoms with Crippen LogP contribution < -0.4 is 10.6 Å². The highest BCUT2D eigenvalue weighted by atomic mass is 15.0. The summed E-state index contributed by atoms with van der Waals surface area (Å²) in [6, 6.07) is 9.98. The minimum absolute atomic E-state index is 0.509. The van der Waals surface area contributed by atoms with E-state index < -0.39 is 0 Å². The highest BCUT2D eigenvalue weighted by molar-refractivity contribution is 5.31. The van der Waals surface area contributed by atoms with E-state index in [4.69, 9.17) is 0 Å². The van der Waals surface area contributed by atoms with Gasteiger partial charge in [0, 0.05) is 18.6 Å². The lowest BCUT2D eigenvalue weighted by Crippen LogP contribution is -2.31. The molecule has 1 aliphatic rings. The molecule has 0 radical (unpaired) electrons. The number of fused-ring (bicyclic) bond motifs is 1. The van der Waals surface area contributed by atoms with Crippen molar-refractivity contribution in [2.75, 3.05) is 6.54 Å². The van der Waals surface area contributed by atoms with Crippen molar-refractivity contribution < 1.29 is 0 Å². The largest absolute Gasteiger partial charge is 0.313 e. The van der Waals surface area contributed by atoms with E-state index in [9.17, 15) is 0 Å². The van der Waals surface area contributed by atoms with E-state index in [0.717, 1.165) is 19.0 Å². The summed E-state index contributed by atoms with van der Waals surface area (Å²) in [4.78, 5) is 0. The van der Waals surface area contributed by atoms with Gasteiger partial charge in [0.2, 0.25) is 0 Å². The van der Waals surface area contributed by atoms with E-state index in [2.05, 4.69) is 55.7 Å². The summed E-state index contributed by atoms with van der Waals surface area (Å²) in [7, 11) is 0. The molecular formula is C18H30N2. The molecule has 2 unspecified atom stereocenters. The Balaban J connectivity index is 1.91. The number of hydrogen-bond acceptors (Lipinski definition) is 2. The van der Waals surface area contributed by atoms with Crippen LogP contribution in [0.3, 0.4) is 0 Å². The van der Waals surface area contributed by atoms with Gasteiger partial charge < -0.3 is 10.6 Å². The van der Waals surface area contributed by atoms with Crippen molar-refractivity contribution in [1.82, 2.24) is 10.6 Å². The van der Waals surface area contributed by atoms with Crippen molar-refractivity contribution in [2.24, 2.45) is 5.92 Å². The number of hydrogen-bond donors (Lipinski definition) is 2. The van der Waals surface area contributed by atoms with E-state index in [1.165, 1.54) is 36.8 Å². The molecule has 0 fully saturated rings. The normalized spacial score (nSPS) is 20.5. The van der Waals surface area contributed by atoms with Crippen molar-refractivity contribution in [1.29, 1.82) is 0 Å². The van der Waals surface area contributed by atoms with Gasteiger partial charge in [-0.15, -0.1) is 0 Å². The molecule has 0 aliphatic carbocycles. The zero-order chi connectivity index (χ0) is 14.4. The molecule has 20 heavy (non-hydrogen) atoms. The smallest absolute Gasteiger partial charge is 0.0337 e. The highest BCUT2D eigenvalue weighted by Crippen LogP contribution is 2.24. The summed E-state index contributed by atoms with van der Waals surface area (Å²) in [6.45, 7) is 9.07. The second kappa shape index (κ2) is 7.80. The quantitative estimate of drug-likeness (QED) is 0.818. The molecular weight excluding hydrogens is 244 g/mol. The summed E-state index contributed by atoms with van der Waals surface area (Å²) in [5.41, 5.74) is 2.95. The molecule has 0 saturated heterocycles. The zero-order valence-electron chi connectivity index (χ0n) is 13.3. The first-order chi connectivity index (χ1) is 9.66. The van der Waals surface area contributed by atoms with Gasteiger partial charge >= 0.3 is 0 Å². The Kier molecular flexibility index (Phi) is 6.06. The third-order valence-corrected chi connectivity index (χ3v) is 4.26. The average Bonchev–Trinajstić information content (AvgIpc) is 2.61. The Hall–Kier alpha value is -0.860. The van der Waals surface area contributed by atoms with Gasteiger partial charge in [0.05, 0.1) is 0 Å². The first-order valence-electron chi connectivity index (χ1n) is 8.21. The molecule has 1 aliphatic heterocycles. The molecule has 0 spiro atoms. The maximum atomic E-state index is 3.85.